The topological polar surface area (TPSA) is 24.9 Å². The molecule has 0 fully saturated rings. The highest BCUT2D eigenvalue weighted by Gasteiger charge is 1.98. The summed E-state index contributed by atoms with van der Waals surface area (Å²) in [5.41, 5.74) is 3.87. The molecular weight excluding hydrogens is 232 g/mol. The lowest BCUT2D eigenvalue weighted by atomic mass is 10.1. The van der Waals surface area contributed by atoms with E-state index in [0.29, 0.717) is 5.15 Å². The average molecular weight is 247 g/mol. The molecule has 1 aromatic carbocycles. The summed E-state index contributed by atoms with van der Waals surface area (Å²) in [4.78, 5) is 4.18. The predicted molar refractivity (Wildman–Crippen MR) is 72.5 cm³/mol. The van der Waals surface area contributed by atoms with Gasteiger partial charge in [-0.1, -0.05) is 35.9 Å². The molecule has 0 aliphatic rings. The Morgan fingerprint density at radius 1 is 1.12 bits per heavy atom. The number of nitrogens with zero attached hydrogens (tertiary/aromatic N) is 1. The molecular formula is C14H15ClN2. The number of pyridine rings is 1. The minimum Gasteiger partial charge on any atom is -0.366 e. The Morgan fingerprint density at radius 3 is 2.65 bits per heavy atom. The number of anilines is 1. The molecule has 0 unspecified atom stereocenters. The van der Waals surface area contributed by atoms with Gasteiger partial charge in [0, 0.05) is 6.54 Å². The Kier molecular flexibility index (Phi) is 3.64. The van der Waals surface area contributed by atoms with Gasteiger partial charge in [-0.25, -0.2) is 4.98 Å². The van der Waals surface area contributed by atoms with E-state index in [-0.39, 0.29) is 0 Å². The number of halogens is 1. The Hall–Kier alpha value is -1.54. The van der Waals surface area contributed by atoms with Gasteiger partial charge in [-0.15, -0.1) is 0 Å². The van der Waals surface area contributed by atoms with Crippen LogP contribution in [-0.4, -0.2) is 4.98 Å². The summed E-state index contributed by atoms with van der Waals surface area (Å²) in [5, 5.41) is 3.76. The van der Waals surface area contributed by atoms with Crippen LogP contribution in [0.4, 0.5) is 5.82 Å². The highest BCUT2D eigenvalue weighted by Crippen LogP contribution is 2.13. The van der Waals surface area contributed by atoms with Crippen LogP contribution in [0.3, 0.4) is 0 Å². The number of aromatic nitrogens is 1. The fraction of sp³-hybridized carbons (Fsp3) is 0.214. The Morgan fingerprint density at radius 2 is 1.94 bits per heavy atom. The lowest BCUT2D eigenvalue weighted by Gasteiger charge is -2.08. The van der Waals surface area contributed by atoms with Crippen LogP contribution in [0.25, 0.3) is 0 Å². The standard InChI is InChI=1S/C14H15ClN2/c1-10-6-7-12(8-11(10)2)9-16-14-5-3-4-13(15)17-14/h3-8H,9H2,1-2H3,(H,16,17). The molecule has 0 saturated heterocycles. The lowest BCUT2D eigenvalue weighted by molar-refractivity contribution is 1.10. The van der Waals surface area contributed by atoms with Crippen LogP contribution in [0.2, 0.25) is 5.15 Å². The second-order valence-corrected chi connectivity index (χ2v) is 4.50. The average Bonchev–Trinajstić information content (AvgIpc) is 2.31. The zero-order chi connectivity index (χ0) is 12.3. The van der Waals surface area contributed by atoms with Gasteiger partial charge in [0.25, 0.3) is 0 Å². The first-order chi connectivity index (χ1) is 8.15. The van der Waals surface area contributed by atoms with Crippen LogP contribution in [-0.2, 0) is 6.54 Å². The van der Waals surface area contributed by atoms with Crippen molar-refractivity contribution in [2.24, 2.45) is 0 Å². The highest BCUT2D eigenvalue weighted by atomic mass is 35.5. The second kappa shape index (κ2) is 5.19. The van der Waals surface area contributed by atoms with Crippen molar-refractivity contribution >= 4 is 17.4 Å². The fourth-order valence-corrected chi connectivity index (χ4v) is 1.78. The first-order valence-electron chi connectivity index (χ1n) is 5.58. The zero-order valence-corrected chi connectivity index (χ0v) is 10.8. The molecule has 17 heavy (non-hydrogen) atoms. The first-order valence-corrected chi connectivity index (χ1v) is 5.95. The van der Waals surface area contributed by atoms with Gasteiger partial charge in [0.1, 0.15) is 11.0 Å². The van der Waals surface area contributed by atoms with Crippen LogP contribution < -0.4 is 5.32 Å². The van der Waals surface area contributed by atoms with Crippen LogP contribution in [0.1, 0.15) is 16.7 Å². The largest absolute Gasteiger partial charge is 0.366 e. The molecule has 1 heterocycles. The molecule has 2 nitrogen and oxygen atoms in total. The van der Waals surface area contributed by atoms with E-state index in [0.717, 1.165) is 12.4 Å². The molecule has 0 aliphatic heterocycles. The molecule has 2 rings (SSSR count). The maximum atomic E-state index is 5.82. The molecule has 0 radical (unpaired) electrons. The summed E-state index contributed by atoms with van der Waals surface area (Å²) in [5.74, 6) is 0.802. The maximum Gasteiger partial charge on any atom is 0.131 e. The van der Waals surface area contributed by atoms with Crippen LogP contribution in [0, 0.1) is 13.8 Å². The monoisotopic (exact) mass is 246 g/mol. The van der Waals surface area contributed by atoms with E-state index in [4.69, 9.17) is 11.6 Å². The Balaban J connectivity index is 2.05. The summed E-state index contributed by atoms with van der Waals surface area (Å²) < 4.78 is 0. The zero-order valence-electron chi connectivity index (χ0n) is 10.00. The molecule has 2 aromatic rings. The number of nitrogens with one attached hydrogen (secondary N) is 1. The van der Waals surface area contributed by atoms with E-state index in [1.165, 1.54) is 16.7 Å². The minimum atomic E-state index is 0.509. The van der Waals surface area contributed by atoms with E-state index < -0.39 is 0 Å². The summed E-state index contributed by atoms with van der Waals surface area (Å²) in [6.07, 6.45) is 0. The SMILES string of the molecule is Cc1ccc(CNc2cccc(Cl)n2)cc1C. The number of hydrogen-bond acceptors (Lipinski definition) is 2. The van der Waals surface area contributed by atoms with E-state index in [1.54, 1.807) is 6.07 Å². The Bertz CT molecular complexity index is 523. The van der Waals surface area contributed by atoms with Gasteiger partial charge in [0.15, 0.2) is 0 Å². The fourth-order valence-electron chi connectivity index (χ4n) is 1.61. The third kappa shape index (κ3) is 3.21. The summed E-state index contributed by atoms with van der Waals surface area (Å²) in [6, 6.07) is 12.0. The normalized spacial score (nSPS) is 10.3. The van der Waals surface area contributed by atoms with Gasteiger partial charge in [-0.3, -0.25) is 0 Å². The number of benzene rings is 1. The van der Waals surface area contributed by atoms with Crippen molar-refractivity contribution in [3.63, 3.8) is 0 Å². The maximum absolute atomic E-state index is 5.82. The molecule has 0 bridgehead atoms. The summed E-state index contributed by atoms with van der Waals surface area (Å²) >= 11 is 5.82. The van der Waals surface area contributed by atoms with Gasteiger partial charge < -0.3 is 5.32 Å². The van der Waals surface area contributed by atoms with Crippen LogP contribution >= 0.6 is 11.6 Å². The predicted octanol–water partition coefficient (Wildman–Crippen LogP) is 3.96. The van der Waals surface area contributed by atoms with Gasteiger partial charge in [0.05, 0.1) is 0 Å². The van der Waals surface area contributed by atoms with Gasteiger partial charge in [0.2, 0.25) is 0 Å². The van der Waals surface area contributed by atoms with E-state index in [1.807, 2.05) is 12.1 Å². The second-order valence-electron chi connectivity index (χ2n) is 4.12. The highest BCUT2D eigenvalue weighted by molar-refractivity contribution is 6.29. The van der Waals surface area contributed by atoms with E-state index in [2.05, 4.69) is 42.3 Å². The molecule has 0 aliphatic carbocycles. The van der Waals surface area contributed by atoms with Crippen molar-refractivity contribution in [3.05, 3.63) is 58.2 Å². The van der Waals surface area contributed by atoms with Crippen molar-refractivity contribution in [1.82, 2.24) is 4.98 Å². The number of rotatable bonds is 3. The third-order valence-corrected chi connectivity index (χ3v) is 2.97. The summed E-state index contributed by atoms with van der Waals surface area (Å²) in [6.45, 7) is 5.00. The van der Waals surface area contributed by atoms with Gasteiger partial charge in [-0.2, -0.15) is 0 Å². The third-order valence-electron chi connectivity index (χ3n) is 2.76. The van der Waals surface area contributed by atoms with Gasteiger partial charge >= 0.3 is 0 Å². The lowest BCUT2D eigenvalue weighted by Crippen LogP contribution is -2.01. The first kappa shape index (κ1) is 11.9. The van der Waals surface area contributed by atoms with Crippen LogP contribution in [0.15, 0.2) is 36.4 Å². The smallest absolute Gasteiger partial charge is 0.131 e. The van der Waals surface area contributed by atoms with E-state index >= 15 is 0 Å². The van der Waals surface area contributed by atoms with Crippen molar-refractivity contribution < 1.29 is 0 Å². The minimum absolute atomic E-state index is 0.509. The molecule has 1 N–H and O–H groups in total. The summed E-state index contributed by atoms with van der Waals surface area (Å²) in [7, 11) is 0. The van der Waals surface area contributed by atoms with Crippen LogP contribution in [0.5, 0.6) is 0 Å². The number of aryl methyl sites for hydroxylation is 2. The molecule has 0 amide bonds. The van der Waals surface area contributed by atoms with Crippen molar-refractivity contribution in [1.29, 1.82) is 0 Å². The van der Waals surface area contributed by atoms with Crippen molar-refractivity contribution in [3.8, 4) is 0 Å². The molecule has 0 saturated carbocycles. The van der Waals surface area contributed by atoms with Crippen molar-refractivity contribution in [2.45, 2.75) is 20.4 Å². The molecule has 0 atom stereocenters. The van der Waals surface area contributed by atoms with Gasteiger partial charge in [-0.05, 0) is 42.7 Å². The van der Waals surface area contributed by atoms with E-state index in [9.17, 15) is 0 Å². The molecule has 0 spiro atoms. The Labute approximate surface area is 107 Å². The molecule has 3 heteroatoms. The number of hydrogen-bond donors (Lipinski definition) is 1. The van der Waals surface area contributed by atoms with Crippen molar-refractivity contribution in [2.75, 3.05) is 5.32 Å². The molecule has 1 aromatic heterocycles. The quantitative estimate of drug-likeness (QED) is 0.829. The molecule has 88 valence electrons.